The van der Waals surface area contributed by atoms with E-state index in [2.05, 4.69) is 15.6 Å². The number of aliphatic imine (C=N–C) groups is 1. The number of aryl methyl sites for hydroxylation is 2. The van der Waals surface area contributed by atoms with Crippen LogP contribution in [0.15, 0.2) is 47.5 Å². The van der Waals surface area contributed by atoms with E-state index in [1.54, 1.807) is 25.1 Å². The van der Waals surface area contributed by atoms with E-state index < -0.39 is 0 Å². The molecule has 0 radical (unpaired) electrons. The smallest absolute Gasteiger partial charge is 0.191 e. The summed E-state index contributed by atoms with van der Waals surface area (Å²) in [5.74, 6) is 0.863. The molecular weight excluding hydrogens is 444 g/mol. The van der Waals surface area contributed by atoms with Crippen LogP contribution in [0.2, 0.25) is 0 Å². The van der Waals surface area contributed by atoms with Gasteiger partial charge in [-0.2, -0.15) is 0 Å². The van der Waals surface area contributed by atoms with Crippen LogP contribution in [0.5, 0.6) is 5.75 Å². The zero-order valence-corrected chi connectivity index (χ0v) is 17.6. The third kappa shape index (κ3) is 7.59. The third-order valence-corrected chi connectivity index (χ3v) is 3.86. The highest BCUT2D eigenvalue weighted by Crippen LogP contribution is 2.11. The molecule has 0 amide bonds. The molecule has 0 saturated carbocycles. The Kier molecular flexibility index (Phi) is 10.0. The van der Waals surface area contributed by atoms with Crippen molar-refractivity contribution in [2.75, 3.05) is 13.1 Å². The SMILES string of the molecule is CCNC(=NCc1ccc(F)c(C)c1)NCCCc1ccc(O)cc1.I. The lowest BCUT2D eigenvalue weighted by Crippen LogP contribution is -2.37. The fourth-order valence-corrected chi connectivity index (χ4v) is 2.48. The Morgan fingerprint density at radius 3 is 2.42 bits per heavy atom. The van der Waals surface area contributed by atoms with Crippen molar-refractivity contribution in [2.24, 2.45) is 4.99 Å². The van der Waals surface area contributed by atoms with Crippen LogP contribution in [0.4, 0.5) is 4.39 Å². The Balaban J connectivity index is 0.00000338. The number of nitrogens with zero attached hydrogens (tertiary/aromatic N) is 1. The van der Waals surface area contributed by atoms with Gasteiger partial charge in [0, 0.05) is 13.1 Å². The van der Waals surface area contributed by atoms with Gasteiger partial charge in [0.1, 0.15) is 11.6 Å². The number of guanidine groups is 1. The van der Waals surface area contributed by atoms with Crippen LogP contribution in [0.1, 0.15) is 30.0 Å². The first kappa shape index (κ1) is 22.2. The highest BCUT2D eigenvalue weighted by atomic mass is 127. The van der Waals surface area contributed by atoms with Gasteiger partial charge >= 0.3 is 0 Å². The summed E-state index contributed by atoms with van der Waals surface area (Å²) in [5, 5.41) is 15.8. The van der Waals surface area contributed by atoms with Gasteiger partial charge in [0.15, 0.2) is 5.96 Å². The van der Waals surface area contributed by atoms with Crippen molar-refractivity contribution in [1.29, 1.82) is 0 Å². The molecule has 2 aromatic carbocycles. The summed E-state index contributed by atoms with van der Waals surface area (Å²) in [4.78, 5) is 4.55. The summed E-state index contributed by atoms with van der Waals surface area (Å²) in [7, 11) is 0. The molecule has 0 atom stereocenters. The predicted octanol–water partition coefficient (Wildman–Crippen LogP) is 4.15. The maximum atomic E-state index is 13.3. The van der Waals surface area contributed by atoms with Crippen LogP contribution in [0.3, 0.4) is 0 Å². The van der Waals surface area contributed by atoms with E-state index in [4.69, 9.17) is 0 Å². The normalized spacial score (nSPS) is 11.0. The molecule has 0 spiro atoms. The van der Waals surface area contributed by atoms with Gasteiger partial charge in [0.2, 0.25) is 0 Å². The van der Waals surface area contributed by atoms with Gasteiger partial charge in [0.05, 0.1) is 6.54 Å². The first-order chi connectivity index (χ1) is 12.1. The number of phenolic OH excluding ortho intramolecular Hbond substituents is 1. The number of hydrogen-bond donors (Lipinski definition) is 3. The summed E-state index contributed by atoms with van der Waals surface area (Å²) >= 11 is 0. The van der Waals surface area contributed by atoms with Crippen molar-refractivity contribution in [3.8, 4) is 5.75 Å². The molecule has 0 aliphatic carbocycles. The van der Waals surface area contributed by atoms with Crippen molar-refractivity contribution in [3.63, 3.8) is 0 Å². The molecule has 2 aromatic rings. The van der Waals surface area contributed by atoms with Crippen LogP contribution in [-0.2, 0) is 13.0 Å². The number of rotatable bonds is 7. The second-order valence-corrected chi connectivity index (χ2v) is 5.98. The topological polar surface area (TPSA) is 56.7 Å². The van der Waals surface area contributed by atoms with Crippen LogP contribution in [0.25, 0.3) is 0 Å². The standard InChI is InChI=1S/C20H26FN3O.HI/c1-3-22-20(24-14-17-8-11-19(21)15(2)13-17)23-12-4-5-16-6-9-18(25)10-7-16;/h6-11,13,25H,3-5,12,14H2,1-2H3,(H2,22,23,24);1H. The van der Waals surface area contributed by atoms with E-state index in [9.17, 15) is 9.50 Å². The third-order valence-electron chi connectivity index (χ3n) is 3.86. The number of nitrogens with one attached hydrogen (secondary N) is 2. The summed E-state index contributed by atoms with van der Waals surface area (Å²) in [6.45, 7) is 5.88. The van der Waals surface area contributed by atoms with Crippen LogP contribution in [-0.4, -0.2) is 24.2 Å². The van der Waals surface area contributed by atoms with Gasteiger partial charge in [-0.25, -0.2) is 9.38 Å². The van der Waals surface area contributed by atoms with Crippen molar-refractivity contribution in [3.05, 3.63) is 65.0 Å². The van der Waals surface area contributed by atoms with Gasteiger partial charge in [-0.15, -0.1) is 24.0 Å². The first-order valence-electron chi connectivity index (χ1n) is 8.63. The monoisotopic (exact) mass is 471 g/mol. The summed E-state index contributed by atoms with van der Waals surface area (Å²) in [6, 6.07) is 12.4. The number of aromatic hydroxyl groups is 1. The quantitative estimate of drug-likeness (QED) is 0.246. The molecule has 0 aliphatic heterocycles. The summed E-state index contributed by atoms with van der Waals surface area (Å²) < 4.78 is 13.3. The zero-order chi connectivity index (χ0) is 18.1. The maximum absolute atomic E-state index is 13.3. The molecule has 6 heteroatoms. The fraction of sp³-hybridized carbons (Fsp3) is 0.350. The lowest BCUT2D eigenvalue weighted by atomic mass is 10.1. The Labute approximate surface area is 172 Å². The zero-order valence-electron chi connectivity index (χ0n) is 15.3. The number of hydrogen-bond acceptors (Lipinski definition) is 2. The van der Waals surface area contributed by atoms with Crippen molar-refractivity contribution >= 4 is 29.9 Å². The van der Waals surface area contributed by atoms with Gasteiger partial charge in [-0.3, -0.25) is 0 Å². The molecule has 4 nitrogen and oxygen atoms in total. The van der Waals surface area contributed by atoms with Crippen LogP contribution >= 0.6 is 24.0 Å². The second kappa shape index (κ2) is 11.7. The number of halogens is 2. The van der Waals surface area contributed by atoms with E-state index in [0.29, 0.717) is 17.9 Å². The molecular formula is C20H27FIN3O. The molecule has 0 saturated heterocycles. The van der Waals surface area contributed by atoms with Crippen LogP contribution < -0.4 is 10.6 Å². The average Bonchev–Trinajstić information content (AvgIpc) is 2.61. The molecule has 0 bridgehead atoms. The van der Waals surface area contributed by atoms with Crippen molar-refractivity contribution in [1.82, 2.24) is 10.6 Å². The molecule has 0 aliphatic rings. The number of benzene rings is 2. The lowest BCUT2D eigenvalue weighted by molar-refractivity contribution is 0.475. The van der Waals surface area contributed by atoms with Crippen molar-refractivity contribution in [2.45, 2.75) is 33.2 Å². The Morgan fingerprint density at radius 2 is 1.77 bits per heavy atom. The molecule has 2 rings (SSSR count). The van der Waals surface area contributed by atoms with Gasteiger partial charge in [-0.05, 0) is 61.6 Å². The van der Waals surface area contributed by atoms with E-state index >= 15 is 0 Å². The lowest BCUT2D eigenvalue weighted by Gasteiger charge is -2.11. The second-order valence-electron chi connectivity index (χ2n) is 5.98. The molecule has 0 fully saturated rings. The summed E-state index contributed by atoms with van der Waals surface area (Å²) in [5.41, 5.74) is 2.82. The molecule has 142 valence electrons. The molecule has 0 unspecified atom stereocenters. The van der Waals surface area contributed by atoms with E-state index in [0.717, 1.165) is 37.5 Å². The van der Waals surface area contributed by atoms with E-state index in [-0.39, 0.29) is 29.8 Å². The first-order valence-corrected chi connectivity index (χ1v) is 8.63. The predicted molar refractivity (Wildman–Crippen MR) is 116 cm³/mol. The number of phenols is 1. The average molecular weight is 471 g/mol. The minimum absolute atomic E-state index is 0. The Bertz CT molecular complexity index is 705. The fourth-order valence-electron chi connectivity index (χ4n) is 2.48. The maximum Gasteiger partial charge on any atom is 0.191 e. The Morgan fingerprint density at radius 1 is 1.08 bits per heavy atom. The Hall–Kier alpha value is -1.83. The molecule has 0 aromatic heterocycles. The van der Waals surface area contributed by atoms with Gasteiger partial charge in [0.25, 0.3) is 0 Å². The largest absolute Gasteiger partial charge is 0.508 e. The van der Waals surface area contributed by atoms with E-state index in [1.165, 1.54) is 11.6 Å². The van der Waals surface area contributed by atoms with Gasteiger partial charge < -0.3 is 15.7 Å². The minimum Gasteiger partial charge on any atom is -0.508 e. The molecule has 0 heterocycles. The van der Waals surface area contributed by atoms with E-state index in [1.807, 2.05) is 25.1 Å². The molecule has 26 heavy (non-hydrogen) atoms. The molecule has 3 N–H and O–H groups in total. The van der Waals surface area contributed by atoms with Gasteiger partial charge in [-0.1, -0.05) is 24.3 Å². The summed E-state index contributed by atoms with van der Waals surface area (Å²) in [6.07, 6.45) is 1.90. The van der Waals surface area contributed by atoms with Crippen molar-refractivity contribution < 1.29 is 9.50 Å². The highest BCUT2D eigenvalue weighted by molar-refractivity contribution is 14.0. The van der Waals surface area contributed by atoms with Crippen LogP contribution in [0, 0.1) is 12.7 Å². The minimum atomic E-state index is -0.188. The highest BCUT2D eigenvalue weighted by Gasteiger charge is 2.01.